The molecule has 15 heavy (non-hydrogen) atoms. The van der Waals surface area contributed by atoms with E-state index in [1.807, 2.05) is 0 Å². The van der Waals surface area contributed by atoms with E-state index in [1.165, 1.54) is 24.7 Å². The summed E-state index contributed by atoms with van der Waals surface area (Å²) >= 11 is 0. The third-order valence-corrected chi connectivity index (χ3v) is 1.97. The Kier molecular flexibility index (Phi) is 2.74. The number of nitrogens with zero attached hydrogens (tertiary/aromatic N) is 3. The average Bonchev–Trinajstić information content (AvgIpc) is 2.51. The fourth-order valence-electron chi connectivity index (χ4n) is 1.01. The SMILES string of the molecule is CC(C)(Cn1cc([N+](=O)[O-])cn1)C(=O)O. The summed E-state index contributed by atoms with van der Waals surface area (Å²) in [7, 11) is 0. The first-order valence-electron chi connectivity index (χ1n) is 4.23. The van der Waals surface area contributed by atoms with E-state index in [4.69, 9.17) is 5.11 Å². The highest BCUT2D eigenvalue weighted by Gasteiger charge is 2.28. The molecule has 0 aromatic carbocycles. The van der Waals surface area contributed by atoms with E-state index < -0.39 is 16.3 Å². The van der Waals surface area contributed by atoms with Gasteiger partial charge in [-0.3, -0.25) is 19.6 Å². The maximum absolute atomic E-state index is 10.8. The van der Waals surface area contributed by atoms with E-state index >= 15 is 0 Å². The van der Waals surface area contributed by atoms with Crippen molar-refractivity contribution in [2.24, 2.45) is 5.41 Å². The number of aromatic nitrogens is 2. The highest BCUT2D eigenvalue weighted by molar-refractivity contribution is 5.73. The van der Waals surface area contributed by atoms with Crippen molar-refractivity contribution in [1.82, 2.24) is 9.78 Å². The summed E-state index contributed by atoms with van der Waals surface area (Å²) in [5, 5.41) is 22.9. The van der Waals surface area contributed by atoms with E-state index in [0.717, 1.165) is 6.20 Å². The van der Waals surface area contributed by atoms with Crippen molar-refractivity contribution < 1.29 is 14.8 Å². The van der Waals surface area contributed by atoms with Gasteiger partial charge >= 0.3 is 11.7 Å². The molecule has 1 rings (SSSR count). The third-order valence-electron chi connectivity index (χ3n) is 1.97. The quantitative estimate of drug-likeness (QED) is 0.591. The van der Waals surface area contributed by atoms with E-state index in [2.05, 4.69) is 5.10 Å². The van der Waals surface area contributed by atoms with Gasteiger partial charge in [-0.25, -0.2) is 0 Å². The Hall–Kier alpha value is -1.92. The zero-order valence-corrected chi connectivity index (χ0v) is 8.38. The summed E-state index contributed by atoms with van der Waals surface area (Å²) in [6.07, 6.45) is 2.31. The zero-order chi connectivity index (χ0) is 11.6. The fraction of sp³-hybridized carbons (Fsp3) is 0.500. The number of carbonyl (C=O) groups is 1. The second-order valence-electron chi connectivity index (χ2n) is 3.84. The minimum atomic E-state index is -1.00. The number of nitro groups is 1. The predicted molar refractivity (Wildman–Crippen MR) is 50.3 cm³/mol. The number of hydrogen-bond acceptors (Lipinski definition) is 4. The van der Waals surface area contributed by atoms with Crippen molar-refractivity contribution >= 4 is 11.7 Å². The summed E-state index contributed by atoms with van der Waals surface area (Å²) in [6.45, 7) is 3.15. The Morgan fingerprint density at radius 2 is 2.33 bits per heavy atom. The molecule has 82 valence electrons. The smallest absolute Gasteiger partial charge is 0.310 e. The lowest BCUT2D eigenvalue weighted by Crippen LogP contribution is -2.29. The van der Waals surface area contributed by atoms with Crippen LogP contribution in [0.1, 0.15) is 13.8 Å². The van der Waals surface area contributed by atoms with Gasteiger partial charge in [0, 0.05) is 0 Å². The molecule has 0 saturated heterocycles. The van der Waals surface area contributed by atoms with Crippen molar-refractivity contribution in [1.29, 1.82) is 0 Å². The normalized spacial score (nSPS) is 11.3. The largest absolute Gasteiger partial charge is 0.481 e. The topological polar surface area (TPSA) is 98.3 Å². The summed E-state index contributed by atoms with van der Waals surface area (Å²) in [6, 6.07) is 0. The van der Waals surface area contributed by atoms with Crippen LogP contribution < -0.4 is 0 Å². The molecular weight excluding hydrogens is 202 g/mol. The number of carboxylic acids is 1. The lowest BCUT2D eigenvalue weighted by Gasteiger charge is -2.18. The van der Waals surface area contributed by atoms with Crippen molar-refractivity contribution in [3.05, 3.63) is 22.5 Å². The van der Waals surface area contributed by atoms with Crippen molar-refractivity contribution in [3.63, 3.8) is 0 Å². The van der Waals surface area contributed by atoms with Crippen molar-refractivity contribution in [3.8, 4) is 0 Å². The molecule has 0 atom stereocenters. The summed E-state index contributed by atoms with van der Waals surface area (Å²) in [5.41, 5.74) is -1.14. The molecule has 0 saturated carbocycles. The highest BCUT2D eigenvalue weighted by atomic mass is 16.6. The second kappa shape index (κ2) is 3.68. The lowest BCUT2D eigenvalue weighted by molar-refractivity contribution is -0.385. The van der Waals surface area contributed by atoms with Crippen LogP contribution in [0.3, 0.4) is 0 Å². The van der Waals surface area contributed by atoms with E-state index in [-0.39, 0.29) is 12.2 Å². The Morgan fingerprint density at radius 1 is 1.73 bits per heavy atom. The Morgan fingerprint density at radius 3 is 2.73 bits per heavy atom. The van der Waals surface area contributed by atoms with Crippen LogP contribution in [-0.2, 0) is 11.3 Å². The van der Waals surface area contributed by atoms with Crippen LogP contribution in [0.5, 0.6) is 0 Å². The first-order valence-corrected chi connectivity index (χ1v) is 4.23. The van der Waals surface area contributed by atoms with Crippen LogP contribution in [0.2, 0.25) is 0 Å². The Balaban J connectivity index is 2.82. The van der Waals surface area contributed by atoms with Crippen LogP contribution >= 0.6 is 0 Å². The maximum atomic E-state index is 10.8. The Bertz CT molecular complexity index is 396. The standard InChI is InChI=1S/C8H11N3O4/c1-8(2,7(12)13)5-10-4-6(3-9-10)11(14)15/h3-4H,5H2,1-2H3,(H,12,13). The van der Waals surface area contributed by atoms with Crippen molar-refractivity contribution in [2.75, 3.05) is 0 Å². The van der Waals surface area contributed by atoms with Gasteiger partial charge in [-0.2, -0.15) is 5.10 Å². The fourth-order valence-corrected chi connectivity index (χ4v) is 1.01. The highest BCUT2D eigenvalue weighted by Crippen LogP contribution is 2.19. The summed E-state index contributed by atoms with van der Waals surface area (Å²) < 4.78 is 1.26. The molecule has 0 fully saturated rings. The zero-order valence-electron chi connectivity index (χ0n) is 8.38. The average molecular weight is 213 g/mol. The molecule has 0 unspecified atom stereocenters. The van der Waals surface area contributed by atoms with Gasteiger partial charge in [0.15, 0.2) is 0 Å². The van der Waals surface area contributed by atoms with E-state index in [1.54, 1.807) is 0 Å². The summed E-state index contributed by atoms with van der Waals surface area (Å²) in [4.78, 5) is 20.6. The maximum Gasteiger partial charge on any atom is 0.310 e. The molecule has 0 aliphatic heterocycles. The molecule has 1 N–H and O–H groups in total. The molecule has 1 aromatic rings. The first kappa shape index (κ1) is 11.2. The van der Waals surface area contributed by atoms with Gasteiger partial charge in [-0.1, -0.05) is 0 Å². The molecule has 0 aliphatic carbocycles. The molecule has 0 amide bonds. The molecule has 0 spiro atoms. The Labute approximate surface area is 85.5 Å². The second-order valence-corrected chi connectivity index (χ2v) is 3.84. The predicted octanol–water partition coefficient (Wildman–Crippen LogP) is 0.902. The number of rotatable bonds is 4. The van der Waals surface area contributed by atoms with Gasteiger partial charge in [0.2, 0.25) is 0 Å². The minimum Gasteiger partial charge on any atom is -0.481 e. The van der Waals surface area contributed by atoms with Gasteiger partial charge in [0.1, 0.15) is 12.4 Å². The lowest BCUT2D eigenvalue weighted by atomic mass is 9.94. The molecule has 7 heteroatoms. The monoisotopic (exact) mass is 213 g/mol. The van der Waals surface area contributed by atoms with Gasteiger partial charge in [-0.15, -0.1) is 0 Å². The van der Waals surface area contributed by atoms with E-state index in [9.17, 15) is 14.9 Å². The van der Waals surface area contributed by atoms with Gasteiger partial charge < -0.3 is 5.11 Å². The minimum absolute atomic E-state index is 0.0934. The number of aliphatic carboxylic acids is 1. The van der Waals surface area contributed by atoms with Crippen LogP contribution in [0, 0.1) is 15.5 Å². The molecule has 7 nitrogen and oxygen atoms in total. The molecule has 0 aliphatic rings. The van der Waals surface area contributed by atoms with Crippen LogP contribution in [0.15, 0.2) is 12.4 Å². The van der Waals surface area contributed by atoms with E-state index in [0.29, 0.717) is 0 Å². The molecule has 1 heterocycles. The van der Waals surface area contributed by atoms with Crippen LogP contribution in [0.4, 0.5) is 5.69 Å². The van der Waals surface area contributed by atoms with Crippen molar-refractivity contribution in [2.45, 2.75) is 20.4 Å². The number of carboxylic acid groups (broad SMARTS) is 1. The van der Waals surface area contributed by atoms with Crippen LogP contribution in [-0.4, -0.2) is 25.8 Å². The summed E-state index contributed by atoms with van der Waals surface area (Å²) in [5.74, 6) is -0.972. The molecule has 0 bridgehead atoms. The molecule has 1 aromatic heterocycles. The van der Waals surface area contributed by atoms with Gasteiger partial charge in [0.25, 0.3) is 0 Å². The number of hydrogen-bond donors (Lipinski definition) is 1. The van der Waals surface area contributed by atoms with Crippen LogP contribution in [0.25, 0.3) is 0 Å². The molecule has 0 radical (unpaired) electrons. The molecular formula is C8H11N3O4. The first-order chi connectivity index (χ1) is 6.83. The van der Waals surface area contributed by atoms with Gasteiger partial charge in [0.05, 0.1) is 16.9 Å². The van der Waals surface area contributed by atoms with Gasteiger partial charge in [-0.05, 0) is 13.8 Å². The third kappa shape index (κ3) is 2.52.